The molecule has 1 atom stereocenters. The van der Waals surface area contributed by atoms with Gasteiger partial charge in [0.05, 0.1) is 0 Å². The number of hydrogen-bond acceptors (Lipinski definition) is 3. The number of nitrogens with two attached hydrogens (primary N) is 1. The lowest BCUT2D eigenvalue weighted by molar-refractivity contribution is 0.0745. The zero-order valence-corrected chi connectivity index (χ0v) is 11.8. The third-order valence-corrected chi connectivity index (χ3v) is 3.31. The number of amidine groups is 1. The van der Waals surface area contributed by atoms with E-state index >= 15 is 0 Å². The highest BCUT2D eigenvalue weighted by molar-refractivity contribution is 5.97. The van der Waals surface area contributed by atoms with Crippen molar-refractivity contribution in [3.05, 3.63) is 34.9 Å². The average molecular weight is 263 g/mol. The van der Waals surface area contributed by atoms with Gasteiger partial charge in [-0.1, -0.05) is 23.4 Å². The maximum absolute atomic E-state index is 12.5. The molecule has 0 saturated carbocycles. The molecule has 0 heterocycles. The highest BCUT2D eigenvalue weighted by Crippen LogP contribution is 2.17. The van der Waals surface area contributed by atoms with Gasteiger partial charge in [-0.05, 0) is 31.9 Å². The lowest BCUT2D eigenvalue weighted by Crippen LogP contribution is -2.38. The summed E-state index contributed by atoms with van der Waals surface area (Å²) >= 11 is 0. The maximum Gasteiger partial charge on any atom is 0.254 e. The summed E-state index contributed by atoms with van der Waals surface area (Å²) in [7, 11) is 1.73. The predicted octanol–water partition coefficient (Wildman–Crippen LogP) is 1.90. The zero-order valence-electron chi connectivity index (χ0n) is 11.8. The summed E-state index contributed by atoms with van der Waals surface area (Å²) < 4.78 is 0. The van der Waals surface area contributed by atoms with E-state index in [4.69, 9.17) is 10.9 Å². The van der Waals surface area contributed by atoms with Gasteiger partial charge in [-0.25, -0.2) is 0 Å². The van der Waals surface area contributed by atoms with Gasteiger partial charge in [-0.15, -0.1) is 0 Å². The number of rotatable bonds is 4. The van der Waals surface area contributed by atoms with Crippen LogP contribution >= 0.6 is 0 Å². The minimum Gasteiger partial charge on any atom is -0.409 e. The summed E-state index contributed by atoms with van der Waals surface area (Å²) in [5, 5.41) is 11.5. The van der Waals surface area contributed by atoms with Crippen molar-refractivity contribution in [2.45, 2.75) is 33.2 Å². The van der Waals surface area contributed by atoms with Crippen molar-refractivity contribution in [1.82, 2.24) is 4.90 Å². The minimum atomic E-state index is -0.137. The Bertz CT molecular complexity index is 477. The fourth-order valence-electron chi connectivity index (χ4n) is 2.01. The van der Waals surface area contributed by atoms with Gasteiger partial charge in [-0.3, -0.25) is 4.79 Å². The Hall–Kier alpha value is -2.04. The van der Waals surface area contributed by atoms with Crippen molar-refractivity contribution < 1.29 is 10.0 Å². The Morgan fingerprint density at radius 1 is 1.42 bits per heavy atom. The third-order valence-electron chi connectivity index (χ3n) is 3.31. The lowest BCUT2D eigenvalue weighted by atomic mass is 10.0. The molecule has 0 radical (unpaired) electrons. The number of carbonyl (C=O) groups excluding carboxylic acids is 1. The number of oxime groups is 1. The van der Waals surface area contributed by atoms with Crippen LogP contribution in [0.25, 0.3) is 0 Å². The molecular weight excluding hydrogens is 242 g/mol. The highest BCUT2D eigenvalue weighted by Gasteiger charge is 2.21. The molecule has 104 valence electrons. The first kappa shape index (κ1) is 15.0. The van der Waals surface area contributed by atoms with Gasteiger partial charge in [-0.2, -0.15) is 0 Å². The monoisotopic (exact) mass is 263 g/mol. The van der Waals surface area contributed by atoms with Crippen LogP contribution in [0, 0.1) is 13.8 Å². The normalized spacial score (nSPS) is 13.2. The van der Waals surface area contributed by atoms with Gasteiger partial charge in [0, 0.05) is 25.1 Å². The van der Waals surface area contributed by atoms with E-state index in [0.29, 0.717) is 6.42 Å². The maximum atomic E-state index is 12.5. The molecule has 5 heteroatoms. The molecule has 1 unspecified atom stereocenters. The van der Waals surface area contributed by atoms with Crippen LogP contribution in [-0.2, 0) is 0 Å². The van der Waals surface area contributed by atoms with Crippen molar-refractivity contribution in [3.8, 4) is 0 Å². The molecule has 0 spiro atoms. The Labute approximate surface area is 113 Å². The molecule has 1 rings (SSSR count). The van der Waals surface area contributed by atoms with Crippen LogP contribution in [-0.4, -0.2) is 34.9 Å². The van der Waals surface area contributed by atoms with E-state index in [1.165, 1.54) is 0 Å². The summed E-state index contributed by atoms with van der Waals surface area (Å²) in [6.07, 6.45) is 0.337. The van der Waals surface area contributed by atoms with Crippen LogP contribution in [0.2, 0.25) is 0 Å². The van der Waals surface area contributed by atoms with Crippen molar-refractivity contribution >= 4 is 11.7 Å². The van der Waals surface area contributed by atoms with E-state index in [-0.39, 0.29) is 17.8 Å². The van der Waals surface area contributed by atoms with Crippen LogP contribution in [0.1, 0.15) is 34.8 Å². The molecule has 0 saturated heterocycles. The smallest absolute Gasteiger partial charge is 0.254 e. The van der Waals surface area contributed by atoms with E-state index in [9.17, 15) is 4.79 Å². The molecule has 1 aromatic carbocycles. The van der Waals surface area contributed by atoms with Gasteiger partial charge < -0.3 is 15.8 Å². The van der Waals surface area contributed by atoms with Gasteiger partial charge in [0.1, 0.15) is 5.84 Å². The van der Waals surface area contributed by atoms with Crippen molar-refractivity contribution in [2.24, 2.45) is 10.9 Å². The predicted molar refractivity (Wildman–Crippen MR) is 75.5 cm³/mol. The van der Waals surface area contributed by atoms with Crippen molar-refractivity contribution in [1.29, 1.82) is 0 Å². The van der Waals surface area contributed by atoms with Gasteiger partial charge in [0.2, 0.25) is 0 Å². The lowest BCUT2D eigenvalue weighted by Gasteiger charge is -2.26. The molecule has 0 bridgehead atoms. The first-order valence-electron chi connectivity index (χ1n) is 6.18. The van der Waals surface area contributed by atoms with E-state index in [1.807, 2.05) is 39.0 Å². The van der Waals surface area contributed by atoms with Crippen LogP contribution in [0.5, 0.6) is 0 Å². The van der Waals surface area contributed by atoms with Crippen LogP contribution < -0.4 is 5.73 Å². The molecule has 19 heavy (non-hydrogen) atoms. The summed E-state index contributed by atoms with van der Waals surface area (Å²) in [6, 6.07) is 5.63. The second kappa shape index (κ2) is 6.22. The standard InChI is InChI=1S/C14H21N3O2/c1-9-6-5-7-10(2)13(9)14(18)17(4)11(3)8-12(15)16-19/h5-7,11,19H,8H2,1-4H3,(H2,15,16). The fourth-order valence-corrected chi connectivity index (χ4v) is 2.01. The number of nitrogens with zero attached hydrogens (tertiary/aromatic N) is 2. The Morgan fingerprint density at radius 2 is 1.95 bits per heavy atom. The first-order valence-corrected chi connectivity index (χ1v) is 6.18. The summed E-state index contributed by atoms with van der Waals surface area (Å²) in [4.78, 5) is 14.1. The molecule has 0 aliphatic rings. The molecule has 3 N–H and O–H groups in total. The number of hydrogen-bond donors (Lipinski definition) is 2. The molecule has 0 aromatic heterocycles. The molecule has 1 aromatic rings. The van der Waals surface area contributed by atoms with Crippen molar-refractivity contribution in [2.75, 3.05) is 7.05 Å². The second-order valence-electron chi connectivity index (χ2n) is 4.83. The third kappa shape index (κ3) is 3.47. The van der Waals surface area contributed by atoms with Crippen LogP contribution in [0.4, 0.5) is 0 Å². The van der Waals surface area contributed by atoms with E-state index < -0.39 is 0 Å². The van der Waals surface area contributed by atoms with Gasteiger partial charge in [0.15, 0.2) is 0 Å². The van der Waals surface area contributed by atoms with Crippen LogP contribution in [0.15, 0.2) is 23.4 Å². The minimum absolute atomic E-state index is 0.0474. The molecule has 0 aliphatic carbocycles. The van der Waals surface area contributed by atoms with Gasteiger partial charge >= 0.3 is 0 Å². The van der Waals surface area contributed by atoms with E-state index in [0.717, 1.165) is 16.7 Å². The van der Waals surface area contributed by atoms with E-state index in [2.05, 4.69) is 5.16 Å². The SMILES string of the molecule is Cc1cccc(C)c1C(=O)N(C)C(C)C/C(N)=N/O. The molecular formula is C14H21N3O2. The average Bonchev–Trinajstić information content (AvgIpc) is 2.37. The molecule has 1 amide bonds. The number of benzene rings is 1. The molecule has 0 aliphatic heterocycles. The van der Waals surface area contributed by atoms with E-state index in [1.54, 1.807) is 11.9 Å². The Balaban J connectivity index is 2.94. The summed E-state index contributed by atoms with van der Waals surface area (Å²) in [6.45, 7) is 5.70. The fraction of sp³-hybridized carbons (Fsp3) is 0.429. The molecule has 0 fully saturated rings. The largest absolute Gasteiger partial charge is 0.409 e. The Morgan fingerprint density at radius 3 is 2.42 bits per heavy atom. The first-order chi connectivity index (χ1) is 8.88. The molecule has 5 nitrogen and oxygen atoms in total. The topological polar surface area (TPSA) is 78.9 Å². The quantitative estimate of drug-likeness (QED) is 0.377. The highest BCUT2D eigenvalue weighted by atomic mass is 16.4. The van der Waals surface area contributed by atoms with Crippen LogP contribution in [0.3, 0.4) is 0 Å². The summed E-state index contributed by atoms with van der Waals surface area (Å²) in [5.74, 6) is 0.0718. The Kier molecular flexibility index (Phi) is 4.92. The number of carbonyl (C=O) groups is 1. The number of aryl methyl sites for hydroxylation is 2. The number of amides is 1. The zero-order chi connectivity index (χ0) is 14.6. The summed E-state index contributed by atoms with van der Waals surface area (Å²) in [5.41, 5.74) is 8.09. The second-order valence-corrected chi connectivity index (χ2v) is 4.83. The van der Waals surface area contributed by atoms with Crippen molar-refractivity contribution in [3.63, 3.8) is 0 Å². The van der Waals surface area contributed by atoms with Gasteiger partial charge in [0.25, 0.3) is 5.91 Å².